The molecular formula is C13H14BrFN2OS. The fraction of sp³-hybridized carbons (Fsp3) is 0.308. The summed E-state index contributed by atoms with van der Waals surface area (Å²) < 4.78 is 15.6. The average molecular weight is 345 g/mol. The zero-order valence-corrected chi connectivity index (χ0v) is 12.8. The van der Waals surface area contributed by atoms with Crippen LogP contribution < -0.4 is 0 Å². The summed E-state index contributed by atoms with van der Waals surface area (Å²) in [6.45, 7) is 2.66. The second-order valence-electron chi connectivity index (χ2n) is 3.98. The van der Waals surface area contributed by atoms with Crippen LogP contribution in [0, 0.1) is 5.82 Å². The number of aliphatic hydroxyl groups is 1. The molecule has 0 spiro atoms. The molecule has 1 atom stereocenters. The first-order chi connectivity index (χ1) is 9.11. The van der Waals surface area contributed by atoms with Gasteiger partial charge in [-0.25, -0.2) is 4.39 Å². The van der Waals surface area contributed by atoms with Gasteiger partial charge in [0.25, 0.3) is 0 Å². The highest BCUT2D eigenvalue weighted by Crippen LogP contribution is 2.29. The summed E-state index contributed by atoms with van der Waals surface area (Å²) in [6.07, 6.45) is 1.03. The maximum Gasteiger partial charge on any atom is 0.124 e. The van der Waals surface area contributed by atoms with Crippen LogP contribution in [0.25, 0.3) is 0 Å². The standard InChI is InChI=1S/C13H14BrFN2OS/c1-2-17-13(11(14)7-16-17)12(18)8-19-10-5-3-4-9(15)6-10/h3-7,12,18H,2,8H2,1H3. The maximum atomic E-state index is 13.1. The number of nitrogens with zero attached hydrogens (tertiary/aromatic N) is 2. The van der Waals surface area contributed by atoms with E-state index in [2.05, 4.69) is 21.0 Å². The summed E-state index contributed by atoms with van der Waals surface area (Å²) >= 11 is 4.80. The minimum absolute atomic E-state index is 0.265. The number of aliphatic hydroxyl groups excluding tert-OH is 1. The molecule has 1 aromatic carbocycles. The summed E-state index contributed by atoms with van der Waals surface area (Å²) in [5.74, 6) is 0.188. The second-order valence-corrected chi connectivity index (χ2v) is 5.93. The molecule has 19 heavy (non-hydrogen) atoms. The third-order valence-corrected chi connectivity index (χ3v) is 4.33. The number of aryl methyl sites for hydroxylation is 1. The third-order valence-electron chi connectivity index (χ3n) is 2.65. The lowest BCUT2D eigenvalue weighted by molar-refractivity contribution is 0.191. The van der Waals surface area contributed by atoms with Crippen molar-refractivity contribution >= 4 is 27.7 Å². The molecule has 1 N–H and O–H groups in total. The molecule has 102 valence electrons. The van der Waals surface area contributed by atoms with E-state index in [4.69, 9.17) is 0 Å². The Kier molecular flexibility index (Phi) is 5.01. The number of benzene rings is 1. The van der Waals surface area contributed by atoms with Crippen LogP contribution in [0.3, 0.4) is 0 Å². The minimum atomic E-state index is -0.648. The molecule has 0 fully saturated rings. The predicted octanol–water partition coefficient (Wildman–Crippen LogP) is 3.63. The molecular weight excluding hydrogens is 331 g/mol. The lowest BCUT2D eigenvalue weighted by atomic mass is 10.3. The Bertz CT molecular complexity index is 561. The molecule has 0 aliphatic carbocycles. The quantitative estimate of drug-likeness (QED) is 0.841. The van der Waals surface area contributed by atoms with Crippen molar-refractivity contribution in [2.75, 3.05) is 5.75 Å². The molecule has 0 bridgehead atoms. The van der Waals surface area contributed by atoms with Crippen LogP contribution in [0.1, 0.15) is 18.7 Å². The molecule has 6 heteroatoms. The molecule has 2 aromatic rings. The van der Waals surface area contributed by atoms with E-state index in [-0.39, 0.29) is 5.82 Å². The second kappa shape index (κ2) is 6.54. The van der Waals surface area contributed by atoms with Crippen molar-refractivity contribution in [1.82, 2.24) is 9.78 Å². The monoisotopic (exact) mass is 344 g/mol. The smallest absolute Gasteiger partial charge is 0.124 e. The van der Waals surface area contributed by atoms with Gasteiger partial charge in [0.1, 0.15) is 11.9 Å². The van der Waals surface area contributed by atoms with Crippen LogP contribution in [-0.4, -0.2) is 20.6 Å². The Morgan fingerprint density at radius 1 is 1.53 bits per heavy atom. The summed E-state index contributed by atoms with van der Waals surface area (Å²) in [4.78, 5) is 0.803. The number of thioether (sulfide) groups is 1. The van der Waals surface area contributed by atoms with E-state index in [0.29, 0.717) is 12.3 Å². The highest BCUT2D eigenvalue weighted by Gasteiger charge is 2.17. The van der Waals surface area contributed by atoms with Crippen LogP contribution >= 0.6 is 27.7 Å². The number of aromatic nitrogens is 2. The zero-order chi connectivity index (χ0) is 13.8. The Balaban J connectivity index is 2.05. The summed E-state index contributed by atoms with van der Waals surface area (Å²) in [5, 5.41) is 14.4. The molecule has 1 heterocycles. The van der Waals surface area contributed by atoms with Gasteiger partial charge in [-0.2, -0.15) is 5.10 Å². The predicted molar refractivity (Wildman–Crippen MR) is 77.7 cm³/mol. The number of halogens is 2. The Morgan fingerprint density at radius 3 is 3.00 bits per heavy atom. The molecule has 0 amide bonds. The lowest BCUT2D eigenvalue weighted by Crippen LogP contribution is -2.10. The van der Waals surface area contributed by atoms with Crippen LogP contribution in [0.5, 0.6) is 0 Å². The molecule has 0 aliphatic rings. The molecule has 0 aliphatic heterocycles. The van der Waals surface area contributed by atoms with E-state index < -0.39 is 6.10 Å². The molecule has 0 saturated carbocycles. The van der Waals surface area contributed by atoms with E-state index in [9.17, 15) is 9.50 Å². The normalized spacial score (nSPS) is 12.6. The van der Waals surface area contributed by atoms with Crippen molar-refractivity contribution in [1.29, 1.82) is 0 Å². The van der Waals surface area contributed by atoms with E-state index in [1.54, 1.807) is 16.9 Å². The topological polar surface area (TPSA) is 38.0 Å². The largest absolute Gasteiger partial charge is 0.386 e. The van der Waals surface area contributed by atoms with Crippen molar-refractivity contribution in [3.05, 3.63) is 46.4 Å². The summed E-state index contributed by atoms with van der Waals surface area (Å²) in [5.41, 5.74) is 0.756. The van der Waals surface area contributed by atoms with Crippen molar-refractivity contribution in [2.45, 2.75) is 24.5 Å². The number of hydrogen-bond acceptors (Lipinski definition) is 3. The highest BCUT2D eigenvalue weighted by atomic mass is 79.9. The number of rotatable bonds is 5. The van der Waals surface area contributed by atoms with Crippen LogP contribution in [-0.2, 0) is 6.54 Å². The first-order valence-corrected chi connectivity index (χ1v) is 7.67. The molecule has 1 aromatic heterocycles. The van der Waals surface area contributed by atoms with Crippen molar-refractivity contribution in [3.8, 4) is 0 Å². The zero-order valence-electron chi connectivity index (χ0n) is 10.4. The Hall–Kier alpha value is -0.850. The first kappa shape index (κ1) is 14.6. The average Bonchev–Trinajstić information content (AvgIpc) is 2.77. The Labute approximate surface area is 124 Å². The SMILES string of the molecule is CCn1ncc(Br)c1C(O)CSc1cccc(F)c1. The lowest BCUT2D eigenvalue weighted by Gasteiger charge is -2.13. The summed E-state index contributed by atoms with van der Waals surface area (Å²) in [6, 6.07) is 6.36. The minimum Gasteiger partial charge on any atom is -0.386 e. The van der Waals surface area contributed by atoms with Gasteiger partial charge in [-0.1, -0.05) is 6.07 Å². The van der Waals surface area contributed by atoms with Gasteiger partial charge in [0, 0.05) is 17.2 Å². The van der Waals surface area contributed by atoms with Gasteiger partial charge < -0.3 is 5.11 Å². The van der Waals surface area contributed by atoms with E-state index in [1.165, 1.54) is 23.9 Å². The van der Waals surface area contributed by atoms with Crippen LogP contribution in [0.2, 0.25) is 0 Å². The van der Waals surface area contributed by atoms with E-state index in [1.807, 2.05) is 13.0 Å². The van der Waals surface area contributed by atoms with Gasteiger partial charge in [0.05, 0.1) is 16.4 Å². The molecule has 0 saturated heterocycles. The van der Waals surface area contributed by atoms with Gasteiger partial charge in [-0.05, 0) is 41.1 Å². The van der Waals surface area contributed by atoms with Gasteiger partial charge in [-0.15, -0.1) is 11.8 Å². The van der Waals surface area contributed by atoms with E-state index >= 15 is 0 Å². The van der Waals surface area contributed by atoms with Gasteiger partial charge in [0.2, 0.25) is 0 Å². The Morgan fingerprint density at radius 2 is 2.32 bits per heavy atom. The van der Waals surface area contributed by atoms with Crippen molar-refractivity contribution < 1.29 is 9.50 Å². The molecule has 2 rings (SSSR count). The van der Waals surface area contributed by atoms with Gasteiger partial charge >= 0.3 is 0 Å². The van der Waals surface area contributed by atoms with Gasteiger partial charge in [-0.3, -0.25) is 4.68 Å². The van der Waals surface area contributed by atoms with Crippen LogP contribution in [0.15, 0.2) is 39.8 Å². The van der Waals surface area contributed by atoms with Crippen molar-refractivity contribution in [3.63, 3.8) is 0 Å². The fourth-order valence-electron chi connectivity index (χ4n) is 1.77. The highest BCUT2D eigenvalue weighted by molar-refractivity contribution is 9.10. The molecule has 1 unspecified atom stereocenters. The molecule has 0 radical (unpaired) electrons. The summed E-state index contributed by atoms with van der Waals surface area (Å²) in [7, 11) is 0. The van der Waals surface area contributed by atoms with Crippen molar-refractivity contribution in [2.24, 2.45) is 0 Å². The third kappa shape index (κ3) is 3.58. The van der Waals surface area contributed by atoms with Gasteiger partial charge in [0.15, 0.2) is 0 Å². The molecule has 3 nitrogen and oxygen atoms in total. The fourth-order valence-corrected chi connectivity index (χ4v) is 3.21. The van der Waals surface area contributed by atoms with Crippen LogP contribution in [0.4, 0.5) is 4.39 Å². The first-order valence-electron chi connectivity index (χ1n) is 5.89. The van der Waals surface area contributed by atoms with E-state index in [0.717, 1.165) is 15.1 Å². The number of hydrogen-bond donors (Lipinski definition) is 1. The maximum absolute atomic E-state index is 13.1.